The zero-order chi connectivity index (χ0) is 23.4. The molecule has 4 rings (SSSR count). The number of aliphatic hydroxyl groups excluding tert-OH is 1. The van der Waals surface area contributed by atoms with Gasteiger partial charge in [-0.2, -0.15) is 0 Å². The number of anilines is 1. The second-order valence-electron chi connectivity index (χ2n) is 8.25. The van der Waals surface area contributed by atoms with E-state index < -0.39 is 6.10 Å². The quantitative estimate of drug-likeness (QED) is 0.626. The fourth-order valence-corrected chi connectivity index (χ4v) is 4.59. The van der Waals surface area contributed by atoms with Gasteiger partial charge in [0.15, 0.2) is 0 Å². The number of benzene rings is 2. The Bertz CT molecular complexity index is 1110. The van der Waals surface area contributed by atoms with Crippen LogP contribution in [0.25, 0.3) is 0 Å². The topological polar surface area (TPSA) is 71.0 Å². The largest absolute Gasteiger partial charge is 0.497 e. The minimum absolute atomic E-state index is 0.150. The Balaban J connectivity index is 1.65. The minimum Gasteiger partial charge on any atom is -0.497 e. The van der Waals surface area contributed by atoms with Gasteiger partial charge >= 0.3 is 0 Å². The maximum Gasteiger partial charge on any atom is 0.248 e. The molecule has 172 valence electrons. The summed E-state index contributed by atoms with van der Waals surface area (Å²) in [5.74, 6) is 1.60. The average molecular weight is 465 g/mol. The van der Waals surface area contributed by atoms with Crippen molar-refractivity contribution in [2.75, 3.05) is 33.1 Å². The molecule has 2 aromatic carbocycles. The molecular formula is C26H28N2O4S. The van der Waals surface area contributed by atoms with Crippen LogP contribution in [-0.2, 0) is 4.79 Å². The zero-order valence-electron chi connectivity index (χ0n) is 18.9. The Labute approximate surface area is 198 Å². The second-order valence-corrected chi connectivity index (χ2v) is 9.20. The summed E-state index contributed by atoms with van der Waals surface area (Å²) in [7, 11) is 5.69. The van der Waals surface area contributed by atoms with Crippen molar-refractivity contribution in [3.63, 3.8) is 0 Å². The molecule has 2 aliphatic rings. The van der Waals surface area contributed by atoms with E-state index in [-0.39, 0.29) is 11.8 Å². The predicted octanol–water partition coefficient (Wildman–Crippen LogP) is 4.55. The number of nitrogens with zero attached hydrogens (tertiary/aromatic N) is 1. The van der Waals surface area contributed by atoms with Crippen LogP contribution in [-0.4, -0.2) is 49.8 Å². The average Bonchev–Trinajstić information content (AvgIpc) is 2.98. The summed E-state index contributed by atoms with van der Waals surface area (Å²) in [4.78, 5) is 14.8. The van der Waals surface area contributed by atoms with Crippen LogP contribution in [0.3, 0.4) is 0 Å². The SMILES string of the molecule is COc1ccc(C2C(Oc3ccc4c(c3)SC=CC(=O)N4)=CC(CCN(C)C)=CC2O)cc1. The summed E-state index contributed by atoms with van der Waals surface area (Å²) in [5.41, 5.74) is 2.73. The van der Waals surface area contributed by atoms with E-state index in [1.54, 1.807) is 12.5 Å². The van der Waals surface area contributed by atoms with Gasteiger partial charge in [-0.05, 0) is 73.5 Å². The number of methoxy groups -OCH3 is 1. The van der Waals surface area contributed by atoms with Crippen LogP contribution < -0.4 is 14.8 Å². The van der Waals surface area contributed by atoms with Gasteiger partial charge in [-0.25, -0.2) is 0 Å². The van der Waals surface area contributed by atoms with Crippen LogP contribution >= 0.6 is 11.8 Å². The third-order valence-corrected chi connectivity index (χ3v) is 6.41. The standard InChI is InChI=1S/C26H28N2O4S/c1-28(2)12-10-17-14-22(29)26(18-4-6-19(31-3)7-5-18)23(15-17)32-20-8-9-21-24(16-20)33-13-11-25(30)27-21/h4-9,11,13-16,22,26,29H,10,12H2,1-3H3,(H,27,30). The molecule has 1 amide bonds. The van der Waals surface area contributed by atoms with Gasteiger partial charge in [-0.1, -0.05) is 30.0 Å². The van der Waals surface area contributed by atoms with Crippen molar-refractivity contribution in [2.24, 2.45) is 0 Å². The molecule has 1 heterocycles. The number of aliphatic hydroxyl groups is 1. The first-order valence-corrected chi connectivity index (χ1v) is 11.7. The van der Waals surface area contributed by atoms with Crippen LogP contribution in [0.2, 0.25) is 0 Å². The summed E-state index contributed by atoms with van der Waals surface area (Å²) in [6.07, 6.45) is 5.55. The number of thioether (sulfide) groups is 1. The van der Waals surface area contributed by atoms with E-state index in [1.807, 2.05) is 68.7 Å². The van der Waals surface area contributed by atoms with Crippen LogP contribution in [0.4, 0.5) is 5.69 Å². The van der Waals surface area contributed by atoms with Gasteiger partial charge in [-0.3, -0.25) is 4.79 Å². The summed E-state index contributed by atoms with van der Waals surface area (Å²) < 4.78 is 11.7. The molecule has 0 saturated heterocycles. The van der Waals surface area contributed by atoms with Gasteiger partial charge in [0.25, 0.3) is 0 Å². The molecule has 1 aliphatic carbocycles. The Morgan fingerprint density at radius 2 is 1.88 bits per heavy atom. The number of rotatable bonds is 7. The zero-order valence-corrected chi connectivity index (χ0v) is 19.8. The summed E-state index contributed by atoms with van der Waals surface area (Å²) in [6, 6.07) is 13.3. The molecule has 7 heteroatoms. The van der Waals surface area contributed by atoms with E-state index >= 15 is 0 Å². The lowest BCUT2D eigenvalue weighted by Crippen LogP contribution is -2.25. The van der Waals surface area contributed by atoms with Crippen molar-refractivity contribution in [1.82, 2.24) is 4.90 Å². The van der Waals surface area contributed by atoms with Gasteiger partial charge in [-0.15, -0.1) is 0 Å². The van der Waals surface area contributed by atoms with E-state index in [2.05, 4.69) is 10.2 Å². The van der Waals surface area contributed by atoms with Crippen molar-refractivity contribution in [1.29, 1.82) is 0 Å². The maximum atomic E-state index is 11.8. The van der Waals surface area contributed by atoms with E-state index in [0.717, 1.165) is 40.4 Å². The molecule has 33 heavy (non-hydrogen) atoms. The first-order chi connectivity index (χ1) is 15.9. The van der Waals surface area contributed by atoms with E-state index in [9.17, 15) is 9.90 Å². The highest BCUT2D eigenvalue weighted by Gasteiger charge is 2.30. The number of hydrogen-bond donors (Lipinski definition) is 2. The Morgan fingerprint density at radius 3 is 2.61 bits per heavy atom. The number of carbonyl (C=O) groups is 1. The molecule has 0 aromatic heterocycles. The molecule has 2 N–H and O–H groups in total. The van der Waals surface area contributed by atoms with Crippen LogP contribution in [0, 0.1) is 0 Å². The number of carbonyl (C=O) groups excluding carboxylic acids is 1. The van der Waals surface area contributed by atoms with E-state index in [1.165, 1.54) is 17.8 Å². The van der Waals surface area contributed by atoms with Crippen LogP contribution in [0.15, 0.2) is 82.3 Å². The highest BCUT2D eigenvalue weighted by molar-refractivity contribution is 8.02. The monoisotopic (exact) mass is 464 g/mol. The van der Waals surface area contributed by atoms with Crippen molar-refractivity contribution in [3.05, 3.63) is 83.0 Å². The number of allylic oxidation sites excluding steroid dienone is 1. The molecule has 6 nitrogen and oxygen atoms in total. The Kier molecular flexibility index (Phi) is 7.23. The third-order valence-electron chi connectivity index (χ3n) is 5.54. The number of ether oxygens (including phenoxy) is 2. The Morgan fingerprint density at radius 1 is 1.12 bits per heavy atom. The highest BCUT2D eigenvalue weighted by atomic mass is 32.2. The predicted molar refractivity (Wildman–Crippen MR) is 132 cm³/mol. The van der Waals surface area contributed by atoms with Crippen molar-refractivity contribution in [3.8, 4) is 11.5 Å². The maximum absolute atomic E-state index is 11.8. The lowest BCUT2D eigenvalue weighted by Gasteiger charge is -2.29. The van der Waals surface area contributed by atoms with Crippen molar-refractivity contribution < 1.29 is 19.4 Å². The molecule has 0 saturated carbocycles. The van der Waals surface area contributed by atoms with Crippen LogP contribution in [0.5, 0.6) is 11.5 Å². The molecule has 0 radical (unpaired) electrons. The molecular weight excluding hydrogens is 436 g/mol. The highest BCUT2D eigenvalue weighted by Crippen LogP contribution is 2.39. The molecule has 1 aliphatic heterocycles. The van der Waals surface area contributed by atoms with Gasteiger partial charge in [0, 0.05) is 17.5 Å². The van der Waals surface area contributed by atoms with Crippen LogP contribution in [0.1, 0.15) is 17.9 Å². The van der Waals surface area contributed by atoms with Gasteiger partial charge in [0.2, 0.25) is 5.91 Å². The molecule has 2 unspecified atom stereocenters. The van der Waals surface area contributed by atoms with Gasteiger partial charge in [0.1, 0.15) is 17.3 Å². The van der Waals surface area contributed by atoms with Crippen molar-refractivity contribution >= 4 is 23.4 Å². The number of hydrogen-bond acceptors (Lipinski definition) is 6. The molecule has 0 bridgehead atoms. The summed E-state index contributed by atoms with van der Waals surface area (Å²) in [6.45, 7) is 0.872. The normalized spacial score (nSPS) is 19.8. The number of amides is 1. The van der Waals surface area contributed by atoms with E-state index in [0.29, 0.717) is 11.5 Å². The lowest BCUT2D eigenvalue weighted by molar-refractivity contribution is -0.111. The number of nitrogens with one attached hydrogen (secondary N) is 1. The smallest absolute Gasteiger partial charge is 0.248 e. The summed E-state index contributed by atoms with van der Waals surface area (Å²) >= 11 is 1.46. The molecule has 0 spiro atoms. The van der Waals surface area contributed by atoms with Crippen molar-refractivity contribution in [2.45, 2.75) is 23.3 Å². The molecule has 0 fully saturated rings. The van der Waals surface area contributed by atoms with Gasteiger partial charge in [0.05, 0.1) is 24.8 Å². The first-order valence-electron chi connectivity index (χ1n) is 10.8. The second kappa shape index (κ2) is 10.3. The van der Waals surface area contributed by atoms with Gasteiger partial charge < -0.3 is 24.8 Å². The molecule has 2 aromatic rings. The fourth-order valence-electron chi connectivity index (χ4n) is 3.82. The lowest BCUT2D eigenvalue weighted by atomic mass is 9.85. The summed E-state index contributed by atoms with van der Waals surface area (Å²) in [5, 5.41) is 15.7. The van der Waals surface area contributed by atoms with E-state index in [4.69, 9.17) is 9.47 Å². The Hall–Kier alpha value is -3.00. The third kappa shape index (κ3) is 5.68. The molecule has 2 atom stereocenters. The first kappa shape index (κ1) is 23.2. The minimum atomic E-state index is -0.715. The number of fused-ring (bicyclic) bond motifs is 1. The fraction of sp³-hybridized carbons (Fsp3) is 0.269.